The van der Waals surface area contributed by atoms with E-state index in [1.165, 1.54) is 0 Å². The summed E-state index contributed by atoms with van der Waals surface area (Å²) in [7, 11) is 0. The van der Waals surface area contributed by atoms with Gasteiger partial charge in [-0.15, -0.1) is 23.2 Å². The molecule has 206 valence electrons. The van der Waals surface area contributed by atoms with Crippen LogP contribution in [0.25, 0.3) is 21.5 Å². The molecular formula is C31H29Cl2N3O4. The van der Waals surface area contributed by atoms with Gasteiger partial charge in [-0.25, -0.2) is 0 Å². The van der Waals surface area contributed by atoms with Crippen LogP contribution < -0.4 is 15.5 Å². The summed E-state index contributed by atoms with van der Waals surface area (Å²) in [5.41, 5.74) is 9.52. The number of alkyl halides is 2. The maximum Gasteiger partial charge on any atom is 0.228 e. The lowest BCUT2D eigenvalue weighted by Crippen LogP contribution is -2.39. The van der Waals surface area contributed by atoms with E-state index in [0.29, 0.717) is 47.0 Å². The molecule has 0 bridgehead atoms. The molecule has 0 saturated heterocycles. The van der Waals surface area contributed by atoms with Crippen molar-refractivity contribution in [3.8, 4) is 11.5 Å². The quantitative estimate of drug-likeness (QED) is 0.260. The Bertz CT molecular complexity index is 1540. The predicted molar refractivity (Wildman–Crippen MR) is 160 cm³/mol. The molecular weight excluding hydrogens is 549 g/mol. The largest absolute Gasteiger partial charge is 0.507 e. The molecule has 0 saturated carbocycles. The Balaban J connectivity index is 1.22. The standard InChI is InChI=1S/C31H29Cl2N3O4/c32-13-17-15-35(24-11-26(37)20-5-1-3-7-22(20)30(17)24)28(39)9-19(34)10-29(40)36-16-18(14-33)31-23-8-4-2-6-21(23)27(38)12-25(31)36/h1-8,11-12,17-19,37-38H,9-10,13-16,34H2/t17-,18-/m1/s1. The SMILES string of the molecule is NC(CC(=O)N1C[C@@H](CCl)c2c1cc(O)c1ccccc21)CC(=O)N1C[C@@H](CCl)c2c1cc(O)c1ccccc21. The first-order valence-electron chi connectivity index (χ1n) is 13.3. The van der Waals surface area contributed by atoms with Gasteiger partial charge in [-0.1, -0.05) is 48.5 Å². The van der Waals surface area contributed by atoms with Crippen LogP contribution in [0.15, 0.2) is 60.7 Å². The first kappa shape index (κ1) is 26.7. The third-order valence-electron chi connectivity index (χ3n) is 8.14. The van der Waals surface area contributed by atoms with Gasteiger partial charge < -0.3 is 25.7 Å². The summed E-state index contributed by atoms with van der Waals surface area (Å²) < 4.78 is 0. The topological polar surface area (TPSA) is 107 Å². The third-order valence-corrected chi connectivity index (χ3v) is 8.88. The maximum atomic E-state index is 13.5. The average molecular weight is 578 g/mol. The summed E-state index contributed by atoms with van der Waals surface area (Å²) in [5, 5.41) is 24.5. The number of carbonyl (C=O) groups is 2. The minimum atomic E-state index is -0.722. The van der Waals surface area contributed by atoms with Gasteiger partial charge >= 0.3 is 0 Å². The second-order valence-corrected chi connectivity index (χ2v) is 11.2. The average Bonchev–Trinajstić information content (AvgIpc) is 3.52. The van der Waals surface area contributed by atoms with Crippen LogP contribution in [0, 0.1) is 0 Å². The molecule has 2 heterocycles. The number of aromatic hydroxyl groups is 2. The number of fused-ring (bicyclic) bond motifs is 6. The van der Waals surface area contributed by atoms with Gasteiger partial charge in [0.1, 0.15) is 11.5 Å². The minimum Gasteiger partial charge on any atom is -0.507 e. The molecule has 9 heteroatoms. The molecule has 2 aliphatic rings. The molecule has 0 aromatic heterocycles. The number of carbonyl (C=O) groups excluding carboxylic acids is 2. The Morgan fingerprint density at radius 2 is 1.12 bits per heavy atom. The second kappa shape index (κ2) is 10.5. The summed E-state index contributed by atoms with van der Waals surface area (Å²) in [5.74, 6) is 0.223. The zero-order chi connectivity index (χ0) is 28.1. The number of halogens is 2. The molecule has 0 unspecified atom stereocenters. The molecule has 7 nitrogen and oxygen atoms in total. The smallest absolute Gasteiger partial charge is 0.228 e. The molecule has 0 spiro atoms. The number of nitrogens with two attached hydrogens (primary N) is 1. The van der Waals surface area contributed by atoms with Gasteiger partial charge in [0.2, 0.25) is 11.8 Å². The van der Waals surface area contributed by atoms with E-state index < -0.39 is 6.04 Å². The monoisotopic (exact) mass is 577 g/mol. The number of anilines is 2. The van der Waals surface area contributed by atoms with Crippen LogP contribution >= 0.6 is 23.2 Å². The molecule has 4 aromatic rings. The zero-order valence-corrected chi connectivity index (χ0v) is 23.2. The van der Waals surface area contributed by atoms with Gasteiger partial charge in [-0.3, -0.25) is 9.59 Å². The first-order valence-corrected chi connectivity index (χ1v) is 14.4. The van der Waals surface area contributed by atoms with Gasteiger partial charge in [-0.05, 0) is 21.9 Å². The maximum absolute atomic E-state index is 13.5. The number of hydrogen-bond acceptors (Lipinski definition) is 5. The highest BCUT2D eigenvalue weighted by Crippen LogP contribution is 2.47. The Labute approximate surface area is 241 Å². The van der Waals surface area contributed by atoms with Gasteiger partial charge in [0.25, 0.3) is 0 Å². The van der Waals surface area contributed by atoms with Gasteiger partial charge in [0.05, 0.1) is 11.4 Å². The van der Waals surface area contributed by atoms with E-state index in [1.54, 1.807) is 21.9 Å². The van der Waals surface area contributed by atoms with Crippen molar-refractivity contribution >= 4 is 67.9 Å². The number of hydrogen-bond donors (Lipinski definition) is 3. The lowest BCUT2D eigenvalue weighted by molar-refractivity contribution is -0.120. The Kier molecular flexibility index (Phi) is 6.98. The number of phenolic OH excluding ortho intramolecular Hbond substituents is 2. The molecule has 4 aromatic carbocycles. The highest BCUT2D eigenvalue weighted by molar-refractivity contribution is 6.19. The summed E-state index contributed by atoms with van der Waals surface area (Å²) in [4.78, 5) is 30.2. The Hall–Kier alpha value is -3.52. The van der Waals surface area contributed by atoms with E-state index >= 15 is 0 Å². The molecule has 2 aliphatic heterocycles. The van der Waals surface area contributed by atoms with E-state index in [1.807, 2.05) is 48.5 Å². The van der Waals surface area contributed by atoms with Crippen molar-refractivity contribution in [1.82, 2.24) is 0 Å². The van der Waals surface area contributed by atoms with Crippen molar-refractivity contribution in [2.75, 3.05) is 34.6 Å². The number of amides is 2. The molecule has 0 fully saturated rings. The Morgan fingerprint density at radius 1 is 0.750 bits per heavy atom. The summed E-state index contributed by atoms with van der Waals surface area (Å²) in [6.45, 7) is 0.768. The lowest BCUT2D eigenvalue weighted by Gasteiger charge is -2.23. The highest BCUT2D eigenvalue weighted by atomic mass is 35.5. The third kappa shape index (κ3) is 4.33. The van der Waals surface area contributed by atoms with Crippen molar-refractivity contribution in [1.29, 1.82) is 0 Å². The normalized spacial score (nSPS) is 18.1. The fourth-order valence-electron chi connectivity index (χ4n) is 6.32. The van der Waals surface area contributed by atoms with Crippen molar-refractivity contribution in [2.45, 2.75) is 30.7 Å². The van der Waals surface area contributed by atoms with Crippen molar-refractivity contribution in [3.05, 3.63) is 71.8 Å². The van der Waals surface area contributed by atoms with Gasteiger partial charge in [-0.2, -0.15) is 0 Å². The molecule has 4 N–H and O–H groups in total. The van der Waals surface area contributed by atoms with Gasteiger partial charge in [0, 0.05) is 78.5 Å². The number of benzene rings is 4. The fraction of sp³-hybridized carbons (Fsp3) is 0.290. The number of nitrogens with zero attached hydrogens (tertiary/aromatic N) is 2. The minimum absolute atomic E-state index is 0.0453. The van der Waals surface area contributed by atoms with Crippen LogP contribution in [-0.2, 0) is 9.59 Å². The van der Waals surface area contributed by atoms with Crippen molar-refractivity contribution in [2.24, 2.45) is 5.73 Å². The molecule has 0 aliphatic carbocycles. The van der Waals surface area contributed by atoms with E-state index in [4.69, 9.17) is 28.9 Å². The van der Waals surface area contributed by atoms with Crippen LogP contribution in [0.1, 0.15) is 35.8 Å². The van der Waals surface area contributed by atoms with Crippen LogP contribution in [0.3, 0.4) is 0 Å². The van der Waals surface area contributed by atoms with Crippen LogP contribution in [0.4, 0.5) is 11.4 Å². The second-order valence-electron chi connectivity index (χ2n) is 10.6. The predicted octanol–water partition coefficient (Wildman–Crippen LogP) is 5.55. The highest BCUT2D eigenvalue weighted by Gasteiger charge is 2.37. The lowest BCUT2D eigenvalue weighted by atomic mass is 9.95. The van der Waals surface area contributed by atoms with Crippen LogP contribution in [-0.4, -0.2) is 52.9 Å². The fourth-order valence-corrected chi connectivity index (χ4v) is 6.82. The molecule has 6 rings (SSSR count). The Morgan fingerprint density at radius 3 is 1.50 bits per heavy atom. The van der Waals surface area contributed by atoms with Crippen molar-refractivity contribution in [3.63, 3.8) is 0 Å². The zero-order valence-electron chi connectivity index (χ0n) is 21.7. The van der Waals surface area contributed by atoms with Crippen LogP contribution in [0.2, 0.25) is 0 Å². The molecule has 2 atom stereocenters. The number of rotatable bonds is 6. The summed E-state index contributed by atoms with van der Waals surface area (Å²) >= 11 is 12.6. The van der Waals surface area contributed by atoms with Gasteiger partial charge in [0.15, 0.2) is 0 Å². The van der Waals surface area contributed by atoms with E-state index in [9.17, 15) is 19.8 Å². The number of phenols is 2. The first-order chi connectivity index (χ1) is 19.3. The summed E-state index contributed by atoms with van der Waals surface area (Å²) in [6.07, 6.45) is -0.0905. The van der Waals surface area contributed by atoms with E-state index in [2.05, 4.69) is 0 Å². The van der Waals surface area contributed by atoms with Crippen molar-refractivity contribution < 1.29 is 19.8 Å². The van der Waals surface area contributed by atoms with E-state index in [-0.39, 0.29) is 48.0 Å². The molecule has 40 heavy (non-hydrogen) atoms. The molecule has 0 radical (unpaired) electrons. The van der Waals surface area contributed by atoms with E-state index in [0.717, 1.165) is 21.9 Å². The molecule has 2 amide bonds. The summed E-state index contributed by atoms with van der Waals surface area (Å²) in [6, 6.07) is 17.5. The van der Waals surface area contributed by atoms with Crippen LogP contribution in [0.5, 0.6) is 11.5 Å².